The van der Waals surface area contributed by atoms with Crippen molar-refractivity contribution >= 4 is 27.2 Å². The van der Waals surface area contributed by atoms with Crippen LogP contribution in [0.3, 0.4) is 0 Å². The highest BCUT2D eigenvalue weighted by molar-refractivity contribution is 7.92. The molecule has 0 bridgehead atoms. The summed E-state index contributed by atoms with van der Waals surface area (Å²) in [6.45, 7) is 0. The first-order valence-corrected chi connectivity index (χ1v) is 6.86. The van der Waals surface area contributed by atoms with Gasteiger partial charge in [0.25, 0.3) is 15.7 Å². The predicted octanol–water partition coefficient (Wildman–Crippen LogP) is 1.37. The molecule has 9 heteroatoms. The third-order valence-electron chi connectivity index (χ3n) is 2.41. The molecule has 8 nitrogen and oxygen atoms in total. The Morgan fingerprint density at radius 2 is 2.00 bits per heavy atom. The topological polar surface area (TPSA) is 128 Å². The second-order valence-corrected chi connectivity index (χ2v) is 5.48. The first-order chi connectivity index (χ1) is 9.40. The Balaban J connectivity index is 2.40. The predicted molar refractivity (Wildman–Crippen MR) is 72.6 cm³/mol. The molecule has 2 rings (SSSR count). The molecule has 3 N–H and O–H groups in total. The van der Waals surface area contributed by atoms with E-state index in [1.807, 2.05) is 0 Å². The van der Waals surface area contributed by atoms with E-state index in [2.05, 4.69) is 9.71 Å². The summed E-state index contributed by atoms with van der Waals surface area (Å²) in [4.78, 5) is 13.6. The number of benzene rings is 1. The van der Waals surface area contributed by atoms with Crippen LogP contribution in [-0.2, 0) is 10.0 Å². The fourth-order valence-corrected chi connectivity index (χ4v) is 2.50. The average Bonchev–Trinajstić information content (AvgIpc) is 2.39. The molecular weight excluding hydrogens is 284 g/mol. The van der Waals surface area contributed by atoms with Gasteiger partial charge in [-0.3, -0.25) is 14.8 Å². The maximum atomic E-state index is 12.1. The van der Waals surface area contributed by atoms with Gasteiger partial charge >= 0.3 is 0 Å². The molecule has 0 aliphatic carbocycles. The Bertz CT molecular complexity index is 746. The Kier molecular flexibility index (Phi) is 3.53. The summed E-state index contributed by atoms with van der Waals surface area (Å²) in [7, 11) is -3.96. The van der Waals surface area contributed by atoms with Crippen molar-refractivity contribution in [2.75, 3.05) is 10.5 Å². The highest BCUT2D eigenvalue weighted by Crippen LogP contribution is 2.25. The van der Waals surface area contributed by atoms with Gasteiger partial charge in [0.1, 0.15) is 11.5 Å². The zero-order chi connectivity index (χ0) is 14.8. The van der Waals surface area contributed by atoms with Crippen molar-refractivity contribution in [2.24, 2.45) is 0 Å². The number of sulfonamides is 1. The minimum atomic E-state index is -3.96. The van der Waals surface area contributed by atoms with Gasteiger partial charge in [-0.2, -0.15) is 0 Å². The van der Waals surface area contributed by atoms with E-state index in [1.165, 1.54) is 24.4 Å². The molecule has 0 aliphatic heterocycles. The molecule has 0 saturated carbocycles. The molecule has 0 saturated heterocycles. The molecule has 20 heavy (non-hydrogen) atoms. The molecule has 0 spiro atoms. The highest BCUT2D eigenvalue weighted by atomic mass is 32.2. The van der Waals surface area contributed by atoms with Gasteiger partial charge in [-0.1, -0.05) is 6.07 Å². The number of nitrogens with one attached hydrogen (secondary N) is 1. The van der Waals surface area contributed by atoms with Gasteiger partial charge in [0.05, 0.1) is 9.82 Å². The van der Waals surface area contributed by atoms with Crippen LogP contribution >= 0.6 is 0 Å². The number of nitrogens with zero attached hydrogens (tertiary/aromatic N) is 2. The van der Waals surface area contributed by atoms with E-state index in [0.717, 1.165) is 6.07 Å². The van der Waals surface area contributed by atoms with E-state index in [0.29, 0.717) is 0 Å². The molecule has 2 aromatic rings. The molecule has 104 valence electrons. The number of rotatable bonds is 4. The fourth-order valence-electron chi connectivity index (χ4n) is 1.47. The lowest BCUT2D eigenvalue weighted by Gasteiger charge is -2.07. The van der Waals surface area contributed by atoms with E-state index >= 15 is 0 Å². The SMILES string of the molecule is Nc1ccc(S(=O)(=O)Nc2ccccn2)cc1[N+](=O)[O-]. The molecule has 0 amide bonds. The van der Waals surface area contributed by atoms with E-state index in [9.17, 15) is 18.5 Å². The Morgan fingerprint density at radius 1 is 1.25 bits per heavy atom. The number of aromatic nitrogens is 1. The fraction of sp³-hybridized carbons (Fsp3) is 0. The highest BCUT2D eigenvalue weighted by Gasteiger charge is 2.20. The first kappa shape index (κ1) is 13.7. The minimum Gasteiger partial charge on any atom is -0.393 e. The molecule has 1 aromatic carbocycles. The van der Waals surface area contributed by atoms with Crippen molar-refractivity contribution < 1.29 is 13.3 Å². The summed E-state index contributed by atoms with van der Waals surface area (Å²) in [6, 6.07) is 7.96. The lowest BCUT2D eigenvalue weighted by Crippen LogP contribution is -2.14. The summed E-state index contributed by atoms with van der Waals surface area (Å²) < 4.78 is 26.4. The molecule has 0 unspecified atom stereocenters. The Labute approximate surface area is 114 Å². The third-order valence-corrected chi connectivity index (χ3v) is 3.77. The van der Waals surface area contributed by atoms with Gasteiger partial charge in [-0.05, 0) is 24.3 Å². The quantitative estimate of drug-likeness (QED) is 0.498. The number of hydrogen-bond acceptors (Lipinski definition) is 6. The van der Waals surface area contributed by atoms with Gasteiger partial charge in [-0.15, -0.1) is 0 Å². The van der Waals surface area contributed by atoms with Crippen molar-refractivity contribution in [3.63, 3.8) is 0 Å². The van der Waals surface area contributed by atoms with Gasteiger partial charge in [-0.25, -0.2) is 13.4 Å². The number of nitro benzene ring substituents is 1. The van der Waals surface area contributed by atoms with Crippen LogP contribution < -0.4 is 10.5 Å². The lowest BCUT2D eigenvalue weighted by atomic mass is 10.3. The van der Waals surface area contributed by atoms with Crippen LogP contribution in [0.1, 0.15) is 0 Å². The van der Waals surface area contributed by atoms with Gasteiger partial charge in [0, 0.05) is 12.3 Å². The Morgan fingerprint density at radius 3 is 2.60 bits per heavy atom. The van der Waals surface area contributed by atoms with Crippen LogP contribution in [0.25, 0.3) is 0 Å². The van der Waals surface area contributed by atoms with Crippen molar-refractivity contribution in [3.8, 4) is 0 Å². The van der Waals surface area contributed by atoms with Crippen LogP contribution in [0, 0.1) is 10.1 Å². The van der Waals surface area contributed by atoms with E-state index in [-0.39, 0.29) is 16.4 Å². The van der Waals surface area contributed by atoms with E-state index < -0.39 is 20.6 Å². The summed E-state index contributed by atoms with van der Waals surface area (Å²) in [5, 5.41) is 10.8. The maximum absolute atomic E-state index is 12.1. The smallest absolute Gasteiger partial charge is 0.293 e. The van der Waals surface area contributed by atoms with Crippen LogP contribution in [0.5, 0.6) is 0 Å². The Hall–Kier alpha value is -2.68. The van der Waals surface area contributed by atoms with Gasteiger partial charge in [0.2, 0.25) is 0 Å². The summed E-state index contributed by atoms with van der Waals surface area (Å²) in [5.41, 5.74) is 4.85. The zero-order valence-electron chi connectivity index (χ0n) is 10.1. The molecule has 0 fully saturated rings. The molecule has 1 heterocycles. The summed E-state index contributed by atoms with van der Waals surface area (Å²) in [6.07, 6.45) is 1.42. The maximum Gasteiger partial charge on any atom is 0.293 e. The second kappa shape index (κ2) is 5.13. The van der Waals surface area contributed by atoms with Crippen LogP contribution in [0.4, 0.5) is 17.2 Å². The summed E-state index contributed by atoms with van der Waals surface area (Å²) in [5.74, 6) is 0.118. The standard InChI is InChI=1S/C11H10N4O4S/c12-9-5-4-8(7-10(9)15(16)17)20(18,19)14-11-3-1-2-6-13-11/h1-7H,12H2,(H,13,14). The molecule has 0 radical (unpaired) electrons. The molecular formula is C11H10N4O4S. The van der Waals surface area contributed by atoms with Gasteiger partial charge in [0.15, 0.2) is 0 Å². The number of anilines is 2. The van der Waals surface area contributed by atoms with E-state index in [4.69, 9.17) is 5.73 Å². The number of nitro groups is 1. The normalized spacial score (nSPS) is 11.0. The lowest BCUT2D eigenvalue weighted by molar-refractivity contribution is -0.384. The number of nitrogen functional groups attached to an aromatic ring is 1. The van der Waals surface area contributed by atoms with Crippen molar-refractivity contribution in [3.05, 3.63) is 52.7 Å². The van der Waals surface area contributed by atoms with Crippen molar-refractivity contribution in [1.82, 2.24) is 4.98 Å². The van der Waals surface area contributed by atoms with E-state index in [1.54, 1.807) is 12.1 Å². The van der Waals surface area contributed by atoms with Gasteiger partial charge < -0.3 is 5.73 Å². The monoisotopic (exact) mass is 294 g/mol. The van der Waals surface area contributed by atoms with Crippen LogP contribution in [0.2, 0.25) is 0 Å². The average molecular weight is 294 g/mol. The van der Waals surface area contributed by atoms with Crippen molar-refractivity contribution in [1.29, 1.82) is 0 Å². The third kappa shape index (κ3) is 2.83. The number of pyridine rings is 1. The molecule has 0 atom stereocenters. The number of hydrogen-bond donors (Lipinski definition) is 2. The van der Waals surface area contributed by atoms with Crippen LogP contribution in [-0.4, -0.2) is 18.3 Å². The molecule has 0 aliphatic rings. The molecule has 1 aromatic heterocycles. The minimum absolute atomic E-state index is 0.105. The largest absolute Gasteiger partial charge is 0.393 e. The van der Waals surface area contributed by atoms with Crippen LogP contribution in [0.15, 0.2) is 47.5 Å². The second-order valence-electron chi connectivity index (χ2n) is 3.80. The summed E-state index contributed by atoms with van der Waals surface area (Å²) >= 11 is 0. The first-order valence-electron chi connectivity index (χ1n) is 5.38. The zero-order valence-corrected chi connectivity index (χ0v) is 10.9. The van der Waals surface area contributed by atoms with Crippen molar-refractivity contribution in [2.45, 2.75) is 4.90 Å². The number of nitrogens with two attached hydrogens (primary N) is 1.